The number of aromatic nitrogens is 2. The van der Waals surface area contributed by atoms with Gasteiger partial charge < -0.3 is 10.1 Å². The lowest BCUT2D eigenvalue weighted by atomic mass is 10.1. The van der Waals surface area contributed by atoms with Gasteiger partial charge in [0.1, 0.15) is 11.6 Å². The fourth-order valence-electron chi connectivity index (χ4n) is 3.80. The standard InChI is InChI=1S/C18H19F2N3O3S/c19-18(20)26-12-7-3-4-10(8-12)15-14-16(21-13(24)9-27-15)23(22-17(14)25)11-5-1-2-6-11/h3-4,7-8,11,15,18H,1-2,5-6,9H2,(H,21,24)(H,22,25). The highest BCUT2D eigenvalue weighted by atomic mass is 32.2. The second-order valence-corrected chi connectivity index (χ2v) is 7.80. The summed E-state index contributed by atoms with van der Waals surface area (Å²) < 4.78 is 31.4. The van der Waals surface area contributed by atoms with Crippen LogP contribution in [0.15, 0.2) is 29.1 Å². The van der Waals surface area contributed by atoms with E-state index in [9.17, 15) is 18.4 Å². The molecule has 1 fully saturated rings. The maximum absolute atomic E-state index is 12.8. The maximum Gasteiger partial charge on any atom is 0.387 e. The third kappa shape index (κ3) is 3.60. The summed E-state index contributed by atoms with van der Waals surface area (Å²) in [6, 6.07) is 6.45. The lowest BCUT2D eigenvalue weighted by Crippen LogP contribution is -2.18. The van der Waals surface area contributed by atoms with Crippen LogP contribution in [0.5, 0.6) is 5.75 Å². The smallest absolute Gasteiger partial charge is 0.387 e. The van der Waals surface area contributed by atoms with E-state index in [1.165, 1.54) is 23.9 Å². The number of hydrogen-bond acceptors (Lipinski definition) is 4. The number of hydrogen-bond donors (Lipinski definition) is 2. The minimum atomic E-state index is -2.92. The number of aromatic amines is 1. The van der Waals surface area contributed by atoms with E-state index in [2.05, 4.69) is 15.2 Å². The highest BCUT2D eigenvalue weighted by Crippen LogP contribution is 2.42. The molecule has 1 saturated carbocycles. The quantitative estimate of drug-likeness (QED) is 0.828. The summed E-state index contributed by atoms with van der Waals surface area (Å²) in [5.41, 5.74) is 0.828. The van der Waals surface area contributed by atoms with Gasteiger partial charge in [-0.15, -0.1) is 11.8 Å². The fraction of sp³-hybridized carbons (Fsp3) is 0.444. The number of halogens is 2. The molecular formula is C18H19F2N3O3S. The number of anilines is 1. The zero-order chi connectivity index (χ0) is 19.0. The van der Waals surface area contributed by atoms with Crippen molar-refractivity contribution in [3.05, 3.63) is 45.7 Å². The molecule has 6 nitrogen and oxygen atoms in total. The van der Waals surface area contributed by atoms with Crippen LogP contribution in [0, 0.1) is 0 Å². The van der Waals surface area contributed by atoms with Crippen LogP contribution < -0.4 is 15.6 Å². The molecule has 9 heteroatoms. The number of H-pyrrole nitrogens is 1. The first-order chi connectivity index (χ1) is 13.0. The van der Waals surface area contributed by atoms with Crippen molar-refractivity contribution in [2.45, 2.75) is 43.6 Å². The molecule has 1 aliphatic carbocycles. The van der Waals surface area contributed by atoms with Gasteiger partial charge in [-0.05, 0) is 30.5 Å². The van der Waals surface area contributed by atoms with E-state index in [1.54, 1.807) is 16.8 Å². The number of nitrogens with zero attached hydrogens (tertiary/aromatic N) is 1. The van der Waals surface area contributed by atoms with Crippen LogP contribution >= 0.6 is 11.8 Å². The monoisotopic (exact) mass is 395 g/mol. The molecule has 2 N–H and O–H groups in total. The molecule has 2 aromatic rings. The molecule has 1 aromatic heterocycles. The lowest BCUT2D eigenvalue weighted by molar-refractivity contribution is -0.113. The van der Waals surface area contributed by atoms with Gasteiger partial charge in [0, 0.05) is 0 Å². The van der Waals surface area contributed by atoms with Crippen LogP contribution in [-0.4, -0.2) is 28.1 Å². The van der Waals surface area contributed by atoms with E-state index >= 15 is 0 Å². The molecule has 1 amide bonds. The van der Waals surface area contributed by atoms with Gasteiger partial charge in [-0.25, -0.2) is 0 Å². The number of ether oxygens (including phenoxy) is 1. The Bertz CT molecular complexity index is 905. The largest absolute Gasteiger partial charge is 0.435 e. The second kappa shape index (κ2) is 7.38. The molecule has 1 atom stereocenters. The van der Waals surface area contributed by atoms with Crippen LogP contribution in [0.3, 0.4) is 0 Å². The Labute approximate surface area is 158 Å². The first-order valence-corrected chi connectivity index (χ1v) is 9.88. The van der Waals surface area contributed by atoms with Gasteiger partial charge in [0.05, 0.1) is 22.6 Å². The Hall–Kier alpha value is -2.29. The first kappa shape index (κ1) is 18.1. The van der Waals surface area contributed by atoms with Crippen LogP contribution in [0.25, 0.3) is 0 Å². The number of alkyl halides is 2. The third-order valence-corrected chi connectivity index (χ3v) is 6.21. The van der Waals surface area contributed by atoms with Crippen LogP contribution in [0.2, 0.25) is 0 Å². The predicted molar refractivity (Wildman–Crippen MR) is 98.6 cm³/mol. The van der Waals surface area contributed by atoms with Crippen molar-refractivity contribution in [3.63, 3.8) is 0 Å². The van der Waals surface area contributed by atoms with Crippen molar-refractivity contribution >= 4 is 23.5 Å². The van der Waals surface area contributed by atoms with Crippen molar-refractivity contribution in [1.29, 1.82) is 0 Å². The fourth-order valence-corrected chi connectivity index (χ4v) is 4.91. The van der Waals surface area contributed by atoms with Crippen molar-refractivity contribution < 1.29 is 18.3 Å². The van der Waals surface area contributed by atoms with Gasteiger partial charge in [-0.3, -0.25) is 19.4 Å². The molecular weight excluding hydrogens is 376 g/mol. The highest BCUT2D eigenvalue weighted by molar-refractivity contribution is 8.00. The topological polar surface area (TPSA) is 76.1 Å². The summed E-state index contributed by atoms with van der Waals surface area (Å²) in [6.07, 6.45) is 4.06. The zero-order valence-electron chi connectivity index (χ0n) is 14.4. The molecule has 27 heavy (non-hydrogen) atoms. The minimum Gasteiger partial charge on any atom is -0.435 e. The Morgan fingerprint density at radius 1 is 1.22 bits per heavy atom. The van der Waals surface area contributed by atoms with E-state index in [0.717, 1.165) is 25.7 Å². The molecule has 1 aliphatic heterocycles. The number of nitrogens with one attached hydrogen (secondary N) is 2. The number of carbonyl (C=O) groups excluding carboxylic acids is 1. The summed E-state index contributed by atoms with van der Waals surface area (Å²) in [5, 5.41) is 5.28. The van der Waals surface area contributed by atoms with E-state index < -0.39 is 11.9 Å². The van der Waals surface area contributed by atoms with Gasteiger partial charge in [-0.2, -0.15) is 8.78 Å². The molecule has 2 heterocycles. The summed E-state index contributed by atoms with van der Waals surface area (Å²) in [5.74, 6) is 0.505. The number of benzene rings is 1. The zero-order valence-corrected chi connectivity index (χ0v) is 15.2. The normalized spacial score (nSPS) is 20.4. The Kier molecular flexibility index (Phi) is 4.94. The van der Waals surface area contributed by atoms with E-state index in [0.29, 0.717) is 16.9 Å². The van der Waals surface area contributed by atoms with Crippen molar-refractivity contribution in [2.24, 2.45) is 0 Å². The van der Waals surface area contributed by atoms with E-state index in [4.69, 9.17) is 0 Å². The van der Waals surface area contributed by atoms with Crippen molar-refractivity contribution in [3.8, 4) is 5.75 Å². The Morgan fingerprint density at radius 2 is 2.00 bits per heavy atom. The summed E-state index contributed by atoms with van der Waals surface area (Å²) in [4.78, 5) is 25.0. The van der Waals surface area contributed by atoms with Gasteiger partial charge in [-0.1, -0.05) is 25.0 Å². The van der Waals surface area contributed by atoms with Gasteiger partial charge in [0.15, 0.2) is 0 Å². The molecule has 0 radical (unpaired) electrons. The molecule has 0 saturated heterocycles. The summed E-state index contributed by atoms with van der Waals surface area (Å²) >= 11 is 1.30. The third-order valence-electron chi connectivity index (χ3n) is 4.94. The first-order valence-electron chi connectivity index (χ1n) is 8.83. The second-order valence-electron chi connectivity index (χ2n) is 6.70. The summed E-state index contributed by atoms with van der Waals surface area (Å²) in [7, 11) is 0. The van der Waals surface area contributed by atoms with Crippen LogP contribution in [0.4, 0.5) is 14.6 Å². The molecule has 0 spiro atoms. The number of thioether (sulfide) groups is 1. The van der Waals surface area contributed by atoms with E-state index in [1.807, 2.05) is 0 Å². The van der Waals surface area contributed by atoms with Crippen LogP contribution in [0.1, 0.15) is 48.1 Å². The molecule has 1 aromatic carbocycles. The molecule has 4 rings (SSSR count). The SMILES string of the molecule is O=C1CSC(c2cccc(OC(F)F)c2)c2c(n(C3CCCC3)[nH]c2=O)N1. The molecule has 0 bridgehead atoms. The van der Waals surface area contributed by atoms with E-state index in [-0.39, 0.29) is 29.0 Å². The minimum absolute atomic E-state index is 0.0276. The van der Waals surface area contributed by atoms with Gasteiger partial charge >= 0.3 is 6.61 Å². The molecule has 144 valence electrons. The number of rotatable bonds is 4. The summed E-state index contributed by atoms with van der Waals surface area (Å²) in [6.45, 7) is -2.92. The average molecular weight is 395 g/mol. The number of amides is 1. The number of fused-ring (bicyclic) bond motifs is 1. The predicted octanol–water partition coefficient (Wildman–Crippen LogP) is 3.67. The van der Waals surface area contributed by atoms with Crippen LogP contribution in [-0.2, 0) is 4.79 Å². The van der Waals surface area contributed by atoms with Crippen molar-refractivity contribution in [1.82, 2.24) is 9.78 Å². The Morgan fingerprint density at radius 3 is 2.74 bits per heavy atom. The lowest BCUT2D eigenvalue weighted by Gasteiger charge is -2.17. The maximum atomic E-state index is 12.8. The van der Waals surface area contributed by atoms with Gasteiger partial charge in [0.2, 0.25) is 5.91 Å². The highest BCUT2D eigenvalue weighted by Gasteiger charge is 2.33. The number of carbonyl (C=O) groups is 1. The average Bonchev–Trinajstić information content (AvgIpc) is 3.20. The van der Waals surface area contributed by atoms with Crippen molar-refractivity contribution in [2.75, 3.05) is 11.1 Å². The van der Waals surface area contributed by atoms with Gasteiger partial charge in [0.25, 0.3) is 5.56 Å². The Balaban J connectivity index is 1.78. The molecule has 1 unspecified atom stereocenters. The molecule has 2 aliphatic rings.